The number of nitrogens with one attached hydrogen (secondary N) is 3. The highest BCUT2D eigenvalue weighted by atomic mass is 16.5. The van der Waals surface area contributed by atoms with Gasteiger partial charge >= 0.3 is 0 Å². The Bertz CT molecular complexity index is 1050. The molecule has 0 radical (unpaired) electrons. The summed E-state index contributed by atoms with van der Waals surface area (Å²) < 4.78 is 5.35. The van der Waals surface area contributed by atoms with Crippen LogP contribution in [0.5, 0.6) is 0 Å². The highest BCUT2D eigenvalue weighted by Gasteiger charge is 2.31. The summed E-state index contributed by atoms with van der Waals surface area (Å²) in [6.45, 7) is 6.47. The summed E-state index contributed by atoms with van der Waals surface area (Å²) >= 11 is 0. The van der Waals surface area contributed by atoms with Crippen molar-refractivity contribution in [1.82, 2.24) is 25.2 Å². The number of H-pyrrole nitrogens is 1. The molecule has 5 heterocycles. The van der Waals surface area contributed by atoms with Gasteiger partial charge in [0.2, 0.25) is 0 Å². The number of morpholine rings is 1. The van der Waals surface area contributed by atoms with E-state index in [0.717, 1.165) is 70.2 Å². The zero-order valence-electron chi connectivity index (χ0n) is 18.6. The van der Waals surface area contributed by atoms with Gasteiger partial charge in [-0.25, -0.2) is 9.97 Å². The van der Waals surface area contributed by atoms with E-state index in [2.05, 4.69) is 35.4 Å². The van der Waals surface area contributed by atoms with Gasteiger partial charge in [0.1, 0.15) is 23.7 Å². The largest absolute Gasteiger partial charge is 0.379 e. The Morgan fingerprint density at radius 1 is 1.12 bits per heavy atom. The number of amides is 2. The first-order valence-electron chi connectivity index (χ1n) is 11.6. The predicted molar refractivity (Wildman–Crippen MR) is 125 cm³/mol. The number of nitrogens with zero attached hydrogens (tertiary/aromatic N) is 4. The van der Waals surface area contributed by atoms with E-state index in [1.807, 2.05) is 0 Å². The molecule has 2 fully saturated rings. The van der Waals surface area contributed by atoms with Crippen molar-refractivity contribution < 1.29 is 14.3 Å². The molecule has 174 valence electrons. The van der Waals surface area contributed by atoms with Crippen molar-refractivity contribution in [3.63, 3.8) is 0 Å². The molecular formula is C23H29N7O3. The fraction of sp³-hybridized carbons (Fsp3) is 0.478. The fourth-order valence-electron chi connectivity index (χ4n) is 4.52. The maximum Gasteiger partial charge on any atom is 0.267 e. The summed E-state index contributed by atoms with van der Waals surface area (Å²) in [6.07, 6.45) is 6.70. The zero-order chi connectivity index (χ0) is 22.6. The quantitative estimate of drug-likeness (QED) is 0.568. The van der Waals surface area contributed by atoms with Gasteiger partial charge in [-0.2, -0.15) is 0 Å². The molecule has 3 aliphatic heterocycles. The topological polar surface area (TPSA) is 115 Å². The molecule has 0 aliphatic carbocycles. The van der Waals surface area contributed by atoms with Crippen molar-refractivity contribution >= 4 is 35.1 Å². The van der Waals surface area contributed by atoms with Gasteiger partial charge in [0.25, 0.3) is 11.8 Å². The molecular weight excluding hydrogens is 422 g/mol. The van der Waals surface area contributed by atoms with Crippen molar-refractivity contribution in [2.45, 2.75) is 19.3 Å². The van der Waals surface area contributed by atoms with E-state index < -0.39 is 0 Å². The van der Waals surface area contributed by atoms with Crippen LogP contribution in [0.2, 0.25) is 0 Å². The third-order valence-electron chi connectivity index (χ3n) is 6.30. The summed E-state index contributed by atoms with van der Waals surface area (Å²) in [5, 5.41) is 5.79. The summed E-state index contributed by atoms with van der Waals surface area (Å²) in [4.78, 5) is 41.7. The van der Waals surface area contributed by atoms with E-state index in [1.165, 1.54) is 12.7 Å². The number of aromatic amines is 1. The van der Waals surface area contributed by atoms with Crippen LogP contribution in [0.4, 0.5) is 11.6 Å². The van der Waals surface area contributed by atoms with Crippen LogP contribution in [0.15, 0.2) is 18.5 Å². The van der Waals surface area contributed by atoms with Gasteiger partial charge in [0, 0.05) is 45.0 Å². The van der Waals surface area contributed by atoms with Gasteiger partial charge in [-0.05, 0) is 37.5 Å². The molecule has 2 saturated heterocycles. The van der Waals surface area contributed by atoms with E-state index in [4.69, 9.17) is 4.74 Å². The predicted octanol–water partition coefficient (Wildman–Crippen LogP) is 1.35. The highest BCUT2D eigenvalue weighted by Crippen LogP contribution is 2.38. The molecule has 10 heteroatoms. The van der Waals surface area contributed by atoms with Crippen molar-refractivity contribution in [2.24, 2.45) is 0 Å². The van der Waals surface area contributed by atoms with Crippen LogP contribution in [0.3, 0.4) is 0 Å². The molecule has 0 unspecified atom stereocenters. The SMILES string of the molecule is O=C1Nc2ncnc(N3CCCCC3)c2/C1=C/c1ccc(C(=O)NCCN2CCOCC2)[nH]1. The second-order valence-corrected chi connectivity index (χ2v) is 8.52. The van der Waals surface area contributed by atoms with Crippen molar-refractivity contribution in [3.8, 4) is 0 Å². The van der Waals surface area contributed by atoms with Crippen LogP contribution in [0.1, 0.15) is 41.0 Å². The van der Waals surface area contributed by atoms with Crippen LogP contribution >= 0.6 is 0 Å². The number of fused-ring (bicyclic) bond motifs is 1. The van der Waals surface area contributed by atoms with E-state index in [0.29, 0.717) is 29.3 Å². The molecule has 2 amide bonds. The summed E-state index contributed by atoms with van der Waals surface area (Å²) in [7, 11) is 0. The highest BCUT2D eigenvalue weighted by molar-refractivity contribution is 6.35. The Morgan fingerprint density at radius 2 is 1.94 bits per heavy atom. The average molecular weight is 452 g/mol. The lowest BCUT2D eigenvalue weighted by atomic mass is 10.1. The minimum absolute atomic E-state index is 0.165. The van der Waals surface area contributed by atoms with E-state index >= 15 is 0 Å². The molecule has 0 spiro atoms. The van der Waals surface area contributed by atoms with Gasteiger partial charge in [-0.1, -0.05) is 0 Å². The lowest BCUT2D eigenvalue weighted by Gasteiger charge is -2.28. The number of hydrogen-bond donors (Lipinski definition) is 3. The van der Waals surface area contributed by atoms with Gasteiger partial charge in [-0.3, -0.25) is 14.5 Å². The molecule has 3 N–H and O–H groups in total. The monoisotopic (exact) mass is 451 g/mol. The Kier molecular flexibility index (Phi) is 6.36. The first kappa shape index (κ1) is 21.6. The number of piperidine rings is 1. The smallest absolute Gasteiger partial charge is 0.267 e. The first-order chi connectivity index (χ1) is 16.2. The molecule has 33 heavy (non-hydrogen) atoms. The van der Waals surface area contributed by atoms with Gasteiger partial charge < -0.3 is 25.3 Å². The van der Waals surface area contributed by atoms with Gasteiger partial charge in [-0.15, -0.1) is 0 Å². The second-order valence-electron chi connectivity index (χ2n) is 8.52. The lowest BCUT2D eigenvalue weighted by Crippen LogP contribution is -2.41. The summed E-state index contributed by atoms with van der Waals surface area (Å²) in [5.41, 5.74) is 2.38. The maximum absolute atomic E-state index is 12.7. The van der Waals surface area contributed by atoms with Gasteiger partial charge in [0.15, 0.2) is 0 Å². The number of carbonyl (C=O) groups excluding carboxylic acids is 2. The minimum atomic E-state index is -0.213. The van der Waals surface area contributed by atoms with E-state index in [9.17, 15) is 9.59 Å². The van der Waals surface area contributed by atoms with Crippen LogP contribution in [-0.4, -0.2) is 84.1 Å². The number of aromatic nitrogens is 3. The lowest BCUT2D eigenvalue weighted by molar-refractivity contribution is -0.110. The second kappa shape index (κ2) is 9.72. The number of rotatable bonds is 6. The molecule has 10 nitrogen and oxygen atoms in total. The van der Waals surface area contributed by atoms with Crippen LogP contribution in [-0.2, 0) is 9.53 Å². The average Bonchev–Trinajstić information content (AvgIpc) is 3.45. The van der Waals surface area contributed by atoms with Crippen LogP contribution < -0.4 is 15.5 Å². The third kappa shape index (κ3) is 4.76. The Balaban J connectivity index is 1.29. The molecule has 2 aromatic rings. The minimum Gasteiger partial charge on any atom is -0.379 e. The van der Waals surface area contributed by atoms with E-state index in [1.54, 1.807) is 18.2 Å². The van der Waals surface area contributed by atoms with Crippen molar-refractivity contribution in [3.05, 3.63) is 35.4 Å². The third-order valence-corrected chi connectivity index (χ3v) is 6.30. The van der Waals surface area contributed by atoms with Crippen molar-refractivity contribution in [2.75, 3.05) is 62.7 Å². The van der Waals surface area contributed by atoms with Crippen LogP contribution in [0.25, 0.3) is 11.6 Å². The molecule has 0 bridgehead atoms. The molecule has 0 aromatic carbocycles. The number of anilines is 2. The van der Waals surface area contributed by atoms with Crippen molar-refractivity contribution in [1.29, 1.82) is 0 Å². The number of hydrogen-bond acceptors (Lipinski definition) is 7. The maximum atomic E-state index is 12.7. The molecule has 0 saturated carbocycles. The zero-order valence-corrected chi connectivity index (χ0v) is 18.6. The normalized spacial score (nSPS) is 20.1. The Morgan fingerprint density at radius 3 is 2.76 bits per heavy atom. The summed E-state index contributed by atoms with van der Waals surface area (Å²) in [5.74, 6) is 0.947. The Hall–Kier alpha value is -3.24. The van der Waals surface area contributed by atoms with Crippen LogP contribution in [0, 0.1) is 0 Å². The first-order valence-corrected chi connectivity index (χ1v) is 11.6. The molecule has 2 aromatic heterocycles. The molecule has 0 atom stereocenters. The molecule has 3 aliphatic rings. The Labute approximate surface area is 192 Å². The van der Waals surface area contributed by atoms with E-state index in [-0.39, 0.29) is 11.8 Å². The number of carbonyl (C=O) groups is 2. The van der Waals surface area contributed by atoms with Gasteiger partial charge in [0.05, 0.1) is 24.4 Å². The standard InChI is InChI=1S/C23H29N7O3/c31-22-17(19-20(28-22)25-15-26-21(19)30-7-2-1-3-8-30)14-16-4-5-18(27-16)23(32)24-6-9-29-10-12-33-13-11-29/h4-5,14-15,27H,1-3,6-13H2,(H,24,32)(H,25,26,28,31)/b17-14-. The fourth-order valence-corrected chi connectivity index (χ4v) is 4.52. The number of ether oxygens (including phenoxy) is 1. The molecule has 5 rings (SSSR count). The summed E-state index contributed by atoms with van der Waals surface area (Å²) in [6, 6.07) is 3.54.